The highest BCUT2D eigenvalue weighted by Gasteiger charge is 2.21. The van der Waals surface area contributed by atoms with Gasteiger partial charge in [0.25, 0.3) is 11.1 Å². The number of carbonyl (C=O) groups is 3. The van der Waals surface area contributed by atoms with Crippen molar-refractivity contribution in [2.45, 2.75) is 30.9 Å². The highest BCUT2D eigenvalue weighted by molar-refractivity contribution is 7.98. The molecule has 1 atom stereocenters. The van der Waals surface area contributed by atoms with E-state index < -0.39 is 18.0 Å². The minimum atomic E-state index is -1.02. The molecule has 0 radical (unpaired) electrons. The molecule has 1 amide bonds. The molecule has 0 aliphatic heterocycles. The molecule has 0 bridgehead atoms. The van der Waals surface area contributed by atoms with Gasteiger partial charge in [0.15, 0.2) is 17.5 Å². The number of ketones is 1. The molecule has 172 valence electrons. The average molecular weight is 475 g/mol. The summed E-state index contributed by atoms with van der Waals surface area (Å²) in [5, 5.41) is 3.19. The topological polar surface area (TPSA) is 98.5 Å². The number of benzene rings is 3. The number of rotatable bonds is 8. The van der Waals surface area contributed by atoms with E-state index in [1.54, 1.807) is 36.4 Å². The van der Waals surface area contributed by atoms with Gasteiger partial charge in [0.05, 0.1) is 5.56 Å². The molecule has 0 saturated heterocycles. The lowest BCUT2D eigenvalue weighted by molar-refractivity contribution is -0.123. The number of hydrogen-bond acceptors (Lipinski definition) is 7. The third-order valence-electron chi connectivity index (χ3n) is 5.07. The van der Waals surface area contributed by atoms with Crippen LogP contribution in [0.15, 0.2) is 82.4 Å². The highest BCUT2D eigenvalue weighted by Crippen LogP contribution is 2.27. The number of Topliss-reactive ketones (excluding diaryl/α,β-unsaturated/α-hetero) is 1. The van der Waals surface area contributed by atoms with Gasteiger partial charge in [0.1, 0.15) is 5.52 Å². The first-order valence-corrected chi connectivity index (χ1v) is 11.6. The zero-order valence-electron chi connectivity index (χ0n) is 18.6. The Hall–Kier alpha value is -3.91. The van der Waals surface area contributed by atoms with Crippen LogP contribution >= 0.6 is 11.8 Å². The van der Waals surface area contributed by atoms with Crippen molar-refractivity contribution in [1.29, 1.82) is 0 Å². The Morgan fingerprint density at radius 1 is 1.00 bits per heavy atom. The van der Waals surface area contributed by atoms with Crippen molar-refractivity contribution < 1.29 is 23.5 Å². The van der Waals surface area contributed by atoms with Crippen molar-refractivity contribution >= 4 is 46.2 Å². The van der Waals surface area contributed by atoms with Crippen molar-refractivity contribution in [1.82, 2.24) is 4.98 Å². The molecule has 1 N–H and O–H groups in total. The van der Waals surface area contributed by atoms with E-state index in [0.717, 1.165) is 11.1 Å². The molecule has 1 heterocycles. The number of ether oxygens (including phenoxy) is 1. The van der Waals surface area contributed by atoms with Crippen LogP contribution in [-0.4, -0.2) is 28.7 Å². The summed E-state index contributed by atoms with van der Waals surface area (Å²) in [7, 11) is 0. The van der Waals surface area contributed by atoms with Crippen molar-refractivity contribution in [3.05, 3.63) is 89.5 Å². The van der Waals surface area contributed by atoms with Crippen LogP contribution in [0.4, 0.5) is 5.69 Å². The number of nitrogens with zero attached hydrogens (tertiary/aromatic N) is 1. The van der Waals surface area contributed by atoms with Crippen LogP contribution in [0.5, 0.6) is 0 Å². The van der Waals surface area contributed by atoms with Gasteiger partial charge in [0, 0.05) is 17.0 Å². The Morgan fingerprint density at radius 2 is 1.71 bits per heavy atom. The van der Waals surface area contributed by atoms with Crippen LogP contribution in [0.2, 0.25) is 0 Å². The molecule has 3 aromatic carbocycles. The van der Waals surface area contributed by atoms with E-state index in [9.17, 15) is 14.4 Å². The van der Waals surface area contributed by atoms with E-state index in [4.69, 9.17) is 9.15 Å². The van der Waals surface area contributed by atoms with Crippen LogP contribution in [0, 0.1) is 0 Å². The number of amides is 1. The number of aromatic nitrogens is 1. The summed E-state index contributed by atoms with van der Waals surface area (Å²) in [5.41, 5.74) is 3.64. The molecule has 0 aliphatic rings. The summed E-state index contributed by atoms with van der Waals surface area (Å²) in [6, 6.07) is 21.1. The molecule has 4 rings (SSSR count). The lowest BCUT2D eigenvalue weighted by Crippen LogP contribution is -2.30. The van der Waals surface area contributed by atoms with Crippen molar-refractivity contribution in [3.63, 3.8) is 0 Å². The molecule has 0 aliphatic carbocycles. The molecular weight excluding hydrogens is 452 g/mol. The third kappa shape index (κ3) is 5.52. The van der Waals surface area contributed by atoms with E-state index in [0.29, 0.717) is 33.4 Å². The van der Waals surface area contributed by atoms with Gasteiger partial charge >= 0.3 is 5.97 Å². The summed E-state index contributed by atoms with van der Waals surface area (Å²) >= 11 is 1.37. The van der Waals surface area contributed by atoms with E-state index in [1.165, 1.54) is 25.6 Å². The van der Waals surface area contributed by atoms with Crippen molar-refractivity contribution in [2.75, 3.05) is 5.32 Å². The Morgan fingerprint density at radius 3 is 2.44 bits per heavy atom. The zero-order valence-corrected chi connectivity index (χ0v) is 19.4. The Kier molecular flexibility index (Phi) is 7.08. The smallest absolute Gasteiger partial charge is 0.339 e. The largest absolute Gasteiger partial charge is 0.449 e. The molecule has 8 heteroatoms. The Bertz CT molecular complexity index is 1310. The average Bonchev–Trinajstić information content (AvgIpc) is 3.26. The first-order valence-electron chi connectivity index (χ1n) is 10.6. The fraction of sp³-hybridized carbons (Fsp3) is 0.154. The van der Waals surface area contributed by atoms with Gasteiger partial charge in [-0.3, -0.25) is 9.59 Å². The van der Waals surface area contributed by atoms with Gasteiger partial charge in [-0.25, -0.2) is 9.78 Å². The van der Waals surface area contributed by atoms with Crippen LogP contribution in [0.1, 0.15) is 40.1 Å². The SMILES string of the molecule is CC(=O)c1ccc(NC(=O)C(C)OC(=O)c2ccccc2CSc2nc3ccccc3o2)cc1. The summed E-state index contributed by atoms with van der Waals surface area (Å²) < 4.78 is 11.1. The number of fused-ring (bicyclic) bond motifs is 1. The fourth-order valence-electron chi connectivity index (χ4n) is 3.21. The maximum atomic E-state index is 12.8. The quantitative estimate of drug-likeness (QED) is 0.204. The maximum absolute atomic E-state index is 12.8. The molecular formula is C26H22N2O5S. The van der Waals surface area contributed by atoms with Gasteiger partial charge in [-0.05, 0) is 61.9 Å². The first-order chi connectivity index (χ1) is 16.4. The summed E-state index contributed by atoms with van der Waals surface area (Å²) in [5.74, 6) is -0.681. The first kappa shape index (κ1) is 23.3. The summed E-state index contributed by atoms with van der Waals surface area (Å²) in [6.07, 6.45) is -1.02. The Labute approximate surface area is 200 Å². The van der Waals surface area contributed by atoms with Gasteiger partial charge < -0.3 is 14.5 Å². The molecule has 0 spiro atoms. The summed E-state index contributed by atoms with van der Waals surface area (Å²) in [4.78, 5) is 41.1. The number of esters is 1. The molecule has 34 heavy (non-hydrogen) atoms. The second-order valence-corrected chi connectivity index (χ2v) is 8.49. The number of anilines is 1. The van der Waals surface area contributed by atoms with Crippen LogP contribution in [-0.2, 0) is 15.3 Å². The Balaban J connectivity index is 1.38. The predicted octanol–water partition coefficient (Wildman–Crippen LogP) is 5.51. The number of para-hydroxylation sites is 2. The summed E-state index contributed by atoms with van der Waals surface area (Å²) in [6.45, 7) is 2.98. The second kappa shape index (κ2) is 10.4. The molecule has 1 aromatic heterocycles. The van der Waals surface area contributed by atoms with Gasteiger partial charge in [-0.15, -0.1) is 0 Å². The van der Waals surface area contributed by atoms with Crippen LogP contribution in [0.25, 0.3) is 11.1 Å². The lowest BCUT2D eigenvalue weighted by Gasteiger charge is -2.15. The number of oxazole rings is 1. The lowest BCUT2D eigenvalue weighted by atomic mass is 10.1. The number of nitrogens with one attached hydrogen (secondary N) is 1. The molecule has 0 fully saturated rings. The molecule has 0 saturated carbocycles. The van der Waals surface area contributed by atoms with Gasteiger partial charge in [-0.1, -0.05) is 42.1 Å². The maximum Gasteiger partial charge on any atom is 0.339 e. The van der Waals surface area contributed by atoms with Crippen molar-refractivity contribution in [2.24, 2.45) is 0 Å². The predicted molar refractivity (Wildman–Crippen MR) is 130 cm³/mol. The molecule has 7 nitrogen and oxygen atoms in total. The van der Waals surface area contributed by atoms with E-state index in [2.05, 4.69) is 10.3 Å². The normalized spacial score (nSPS) is 11.7. The zero-order chi connectivity index (χ0) is 24.1. The third-order valence-corrected chi connectivity index (χ3v) is 5.95. The second-order valence-electron chi connectivity index (χ2n) is 7.56. The fourth-order valence-corrected chi connectivity index (χ4v) is 4.05. The highest BCUT2D eigenvalue weighted by atomic mass is 32.2. The number of hydrogen-bond donors (Lipinski definition) is 1. The molecule has 4 aromatic rings. The minimum absolute atomic E-state index is 0.0619. The minimum Gasteiger partial charge on any atom is -0.449 e. The van der Waals surface area contributed by atoms with Crippen LogP contribution in [0.3, 0.4) is 0 Å². The van der Waals surface area contributed by atoms with Gasteiger partial charge in [-0.2, -0.15) is 0 Å². The van der Waals surface area contributed by atoms with Gasteiger partial charge in [0.2, 0.25) is 0 Å². The molecule has 1 unspecified atom stereocenters. The number of thioether (sulfide) groups is 1. The van der Waals surface area contributed by atoms with E-state index in [-0.39, 0.29) is 5.78 Å². The monoisotopic (exact) mass is 474 g/mol. The van der Waals surface area contributed by atoms with Crippen molar-refractivity contribution in [3.8, 4) is 0 Å². The van der Waals surface area contributed by atoms with Crippen LogP contribution < -0.4 is 5.32 Å². The standard InChI is InChI=1S/C26H22N2O5S/c1-16(29)18-11-13-20(14-12-18)27-24(30)17(2)32-25(31)21-8-4-3-7-19(21)15-34-26-28-22-9-5-6-10-23(22)33-26/h3-14,17H,15H2,1-2H3,(H,27,30). The number of carbonyl (C=O) groups excluding carboxylic acids is 3. The van der Waals surface area contributed by atoms with E-state index in [1.807, 2.05) is 36.4 Å². The van der Waals surface area contributed by atoms with E-state index >= 15 is 0 Å².